The number of halogens is 4. The molecule has 0 N–H and O–H groups in total. The lowest BCUT2D eigenvalue weighted by atomic mass is 10.1. The van der Waals surface area contributed by atoms with Crippen molar-refractivity contribution in [3.8, 4) is 0 Å². The lowest BCUT2D eigenvalue weighted by molar-refractivity contribution is -0.138. The number of hydrogen-bond acceptors (Lipinski definition) is 2. The van der Waals surface area contributed by atoms with E-state index in [4.69, 9.17) is 0 Å². The molecule has 0 saturated heterocycles. The minimum Gasteiger partial charge on any atom is -0.228 e. The number of hydrogen-bond donors (Lipinski definition) is 0. The molecule has 0 spiro atoms. The van der Waals surface area contributed by atoms with E-state index in [0.29, 0.717) is 6.07 Å². The Morgan fingerprint density at radius 3 is 2.33 bits per heavy atom. The molecule has 0 radical (unpaired) electrons. The minimum absolute atomic E-state index is 0.265. The standard InChI is InChI=1S/C11H12F4O2S/c1-2-6-18(16,17)7-8-9(11(13,14)15)4-3-5-10(8)12/h3-5H,2,6-7H2,1H3. The summed E-state index contributed by atoms with van der Waals surface area (Å²) in [7, 11) is -3.73. The van der Waals surface area contributed by atoms with Crippen molar-refractivity contribution in [3.05, 3.63) is 35.1 Å². The third-order valence-electron chi connectivity index (χ3n) is 2.30. The van der Waals surface area contributed by atoms with Gasteiger partial charge in [-0.2, -0.15) is 13.2 Å². The third kappa shape index (κ3) is 3.69. The highest BCUT2D eigenvalue weighted by atomic mass is 32.2. The predicted octanol–water partition coefficient (Wildman–Crippen LogP) is 3.17. The van der Waals surface area contributed by atoms with Crippen molar-refractivity contribution in [3.63, 3.8) is 0 Å². The normalized spacial score (nSPS) is 12.7. The van der Waals surface area contributed by atoms with Crippen LogP contribution in [0.2, 0.25) is 0 Å². The molecule has 7 heteroatoms. The van der Waals surface area contributed by atoms with E-state index in [1.54, 1.807) is 6.92 Å². The summed E-state index contributed by atoms with van der Waals surface area (Å²) in [5.41, 5.74) is -2.04. The van der Waals surface area contributed by atoms with Gasteiger partial charge in [-0.05, 0) is 18.6 Å². The Balaban J connectivity index is 3.24. The Morgan fingerprint density at radius 1 is 1.22 bits per heavy atom. The van der Waals surface area contributed by atoms with Crippen LogP contribution in [-0.2, 0) is 21.8 Å². The molecule has 0 aliphatic carbocycles. The summed E-state index contributed by atoms with van der Waals surface area (Å²) in [4.78, 5) is 0. The van der Waals surface area contributed by atoms with Gasteiger partial charge in [0.1, 0.15) is 5.82 Å². The van der Waals surface area contributed by atoms with E-state index >= 15 is 0 Å². The quantitative estimate of drug-likeness (QED) is 0.796. The van der Waals surface area contributed by atoms with Crippen LogP contribution < -0.4 is 0 Å². The Morgan fingerprint density at radius 2 is 1.83 bits per heavy atom. The van der Waals surface area contributed by atoms with Crippen LogP contribution in [0.4, 0.5) is 17.6 Å². The molecule has 0 unspecified atom stereocenters. The first kappa shape index (κ1) is 14.9. The molecule has 0 aromatic heterocycles. The zero-order valence-electron chi connectivity index (χ0n) is 9.59. The Kier molecular flexibility index (Phi) is 4.37. The molecule has 102 valence electrons. The molecule has 18 heavy (non-hydrogen) atoms. The molecule has 1 aromatic carbocycles. The molecule has 0 atom stereocenters. The zero-order chi connectivity index (χ0) is 14.0. The highest BCUT2D eigenvalue weighted by Crippen LogP contribution is 2.33. The van der Waals surface area contributed by atoms with Gasteiger partial charge in [0.05, 0.1) is 17.1 Å². The van der Waals surface area contributed by atoms with Crippen molar-refractivity contribution < 1.29 is 26.0 Å². The molecule has 2 nitrogen and oxygen atoms in total. The molecular formula is C11H12F4O2S. The summed E-state index contributed by atoms with van der Waals surface area (Å²) in [6, 6.07) is 2.42. The number of alkyl halides is 3. The second-order valence-corrected chi connectivity index (χ2v) is 6.04. The van der Waals surface area contributed by atoms with Gasteiger partial charge in [0, 0.05) is 5.56 Å². The number of benzene rings is 1. The van der Waals surface area contributed by atoms with Crippen molar-refractivity contribution in [1.82, 2.24) is 0 Å². The van der Waals surface area contributed by atoms with E-state index in [0.717, 1.165) is 12.1 Å². The Labute approximate surface area is 103 Å². The first-order chi connectivity index (χ1) is 8.17. The SMILES string of the molecule is CCCS(=O)(=O)Cc1c(F)cccc1C(F)(F)F. The van der Waals surface area contributed by atoms with Gasteiger partial charge in [-0.1, -0.05) is 13.0 Å². The first-order valence-corrected chi connectivity index (χ1v) is 7.04. The van der Waals surface area contributed by atoms with Crippen LogP contribution in [-0.4, -0.2) is 14.2 Å². The molecule has 0 saturated carbocycles. The maximum absolute atomic E-state index is 13.4. The second-order valence-electron chi connectivity index (χ2n) is 3.86. The third-order valence-corrected chi connectivity index (χ3v) is 4.06. The van der Waals surface area contributed by atoms with Crippen LogP contribution in [0.5, 0.6) is 0 Å². The minimum atomic E-state index is -4.76. The van der Waals surface area contributed by atoms with Crippen LogP contribution in [0.25, 0.3) is 0 Å². The Hall–Kier alpha value is -1.11. The van der Waals surface area contributed by atoms with Gasteiger partial charge in [-0.25, -0.2) is 12.8 Å². The maximum atomic E-state index is 13.4. The van der Waals surface area contributed by atoms with Gasteiger partial charge in [0.2, 0.25) is 0 Å². The van der Waals surface area contributed by atoms with Crippen LogP contribution in [0.15, 0.2) is 18.2 Å². The van der Waals surface area contributed by atoms with E-state index < -0.39 is 38.7 Å². The summed E-state index contributed by atoms with van der Waals surface area (Å²) >= 11 is 0. The molecule has 1 rings (SSSR count). The zero-order valence-corrected chi connectivity index (χ0v) is 10.4. The van der Waals surface area contributed by atoms with Gasteiger partial charge in [0.25, 0.3) is 0 Å². The molecule has 0 heterocycles. The smallest absolute Gasteiger partial charge is 0.228 e. The highest BCUT2D eigenvalue weighted by molar-refractivity contribution is 7.90. The van der Waals surface area contributed by atoms with Crippen LogP contribution in [0.3, 0.4) is 0 Å². The van der Waals surface area contributed by atoms with E-state index in [1.807, 2.05) is 0 Å². The van der Waals surface area contributed by atoms with Crippen molar-refractivity contribution in [2.75, 3.05) is 5.75 Å². The summed E-state index contributed by atoms with van der Waals surface area (Å²) < 4.78 is 74.3. The fourth-order valence-corrected chi connectivity index (χ4v) is 3.07. The predicted molar refractivity (Wildman–Crippen MR) is 59.2 cm³/mol. The summed E-state index contributed by atoms with van der Waals surface area (Å²) in [6.45, 7) is 1.59. The molecule has 0 bridgehead atoms. The Bertz CT molecular complexity index is 520. The topological polar surface area (TPSA) is 34.1 Å². The lowest BCUT2D eigenvalue weighted by Crippen LogP contribution is -2.16. The van der Waals surface area contributed by atoms with Crippen molar-refractivity contribution in [1.29, 1.82) is 0 Å². The fourth-order valence-electron chi connectivity index (χ4n) is 1.57. The monoisotopic (exact) mass is 284 g/mol. The molecule has 0 amide bonds. The lowest BCUT2D eigenvalue weighted by Gasteiger charge is -2.13. The first-order valence-electron chi connectivity index (χ1n) is 5.22. The number of rotatable bonds is 4. The van der Waals surface area contributed by atoms with Gasteiger partial charge in [-0.15, -0.1) is 0 Å². The van der Waals surface area contributed by atoms with Crippen molar-refractivity contribution in [2.24, 2.45) is 0 Å². The van der Waals surface area contributed by atoms with Gasteiger partial charge in [0.15, 0.2) is 9.84 Å². The van der Waals surface area contributed by atoms with Gasteiger partial charge in [-0.3, -0.25) is 0 Å². The van der Waals surface area contributed by atoms with Crippen LogP contribution in [0.1, 0.15) is 24.5 Å². The van der Waals surface area contributed by atoms with Crippen LogP contribution in [0, 0.1) is 5.82 Å². The average Bonchev–Trinajstić information content (AvgIpc) is 2.18. The van der Waals surface area contributed by atoms with Gasteiger partial charge < -0.3 is 0 Å². The summed E-state index contributed by atoms with van der Waals surface area (Å²) in [5.74, 6) is -2.34. The average molecular weight is 284 g/mol. The summed E-state index contributed by atoms with van der Waals surface area (Å²) in [6.07, 6.45) is -4.49. The van der Waals surface area contributed by atoms with E-state index in [9.17, 15) is 26.0 Å². The fraction of sp³-hybridized carbons (Fsp3) is 0.455. The van der Waals surface area contributed by atoms with Crippen molar-refractivity contribution in [2.45, 2.75) is 25.3 Å². The largest absolute Gasteiger partial charge is 0.416 e. The van der Waals surface area contributed by atoms with E-state index in [2.05, 4.69) is 0 Å². The highest BCUT2D eigenvalue weighted by Gasteiger charge is 2.35. The molecular weight excluding hydrogens is 272 g/mol. The van der Waals surface area contributed by atoms with Gasteiger partial charge >= 0.3 is 6.18 Å². The molecule has 0 fully saturated rings. The summed E-state index contributed by atoms with van der Waals surface area (Å²) in [5, 5.41) is 0. The second kappa shape index (κ2) is 5.26. The van der Waals surface area contributed by atoms with E-state index in [-0.39, 0.29) is 12.2 Å². The maximum Gasteiger partial charge on any atom is 0.416 e. The van der Waals surface area contributed by atoms with E-state index in [1.165, 1.54) is 0 Å². The van der Waals surface area contributed by atoms with Crippen molar-refractivity contribution >= 4 is 9.84 Å². The molecule has 0 aliphatic heterocycles. The van der Waals surface area contributed by atoms with Crippen LogP contribution >= 0.6 is 0 Å². The molecule has 0 aliphatic rings. The number of sulfone groups is 1. The molecule has 1 aromatic rings.